The minimum atomic E-state index is 0.615. The van der Waals surface area contributed by atoms with Crippen molar-refractivity contribution < 1.29 is 4.42 Å². The summed E-state index contributed by atoms with van der Waals surface area (Å²) in [5.41, 5.74) is 2.45. The third-order valence-corrected chi connectivity index (χ3v) is 2.86. The van der Waals surface area contributed by atoms with Crippen LogP contribution in [-0.4, -0.2) is 9.97 Å². The van der Waals surface area contributed by atoms with Gasteiger partial charge in [0, 0.05) is 17.8 Å². The van der Waals surface area contributed by atoms with E-state index in [1.807, 2.05) is 30.3 Å². The fraction of sp³-hybridized carbons (Fsp3) is 0. The average Bonchev–Trinajstić information content (AvgIpc) is 2.76. The van der Waals surface area contributed by atoms with E-state index in [1.54, 1.807) is 12.3 Å². The summed E-state index contributed by atoms with van der Waals surface area (Å²) in [5.74, 6) is 0.615. The maximum absolute atomic E-state index is 5.65. The highest BCUT2D eigenvalue weighted by atomic mass is 79.9. The summed E-state index contributed by atoms with van der Waals surface area (Å²) in [6.45, 7) is 0. The zero-order chi connectivity index (χ0) is 11.0. The lowest BCUT2D eigenvalue weighted by Crippen LogP contribution is -1.77. The van der Waals surface area contributed by atoms with Crippen LogP contribution in [0, 0.1) is 0 Å². The van der Waals surface area contributed by atoms with E-state index in [1.165, 1.54) is 0 Å². The minimum Gasteiger partial charge on any atom is -0.436 e. The summed E-state index contributed by atoms with van der Waals surface area (Å²) < 4.78 is 6.36. The molecule has 78 valence electrons. The van der Waals surface area contributed by atoms with E-state index in [-0.39, 0.29) is 0 Å². The Morgan fingerprint density at radius 3 is 2.62 bits per heavy atom. The van der Waals surface area contributed by atoms with Crippen molar-refractivity contribution in [1.29, 1.82) is 0 Å². The van der Waals surface area contributed by atoms with Crippen molar-refractivity contribution in [1.82, 2.24) is 9.97 Å². The van der Waals surface area contributed by atoms with Crippen molar-refractivity contribution in [2.24, 2.45) is 0 Å². The van der Waals surface area contributed by atoms with Crippen molar-refractivity contribution in [2.45, 2.75) is 0 Å². The second kappa shape index (κ2) is 3.72. The fourth-order valence-electron chi connectivity index (χ4n) is 1.53. The number of benzene rings is 1. The van der Waals surface area contributed by atoms with Gasteiger partial charge in [-0.05, 0) is 28.1 Å². The summed E-state index contributed by atoms with van der Waals surface area (Å²) in [6.07, 6.45) is 1.69. The van der Waals surface area contributed by atoms with Gasteiger partial charge in [-0.25, -0.2) is 9.97 Å². The van der Waals surface area contributed by atoms with E-state index in [0.717, 1.165) is 16.7 Å². The van der Waals surface area contributed by atoms with Crippen LogP contribution < -0.4 is 0 Å². The number of fused-ring (bicyclic) bond motifs is 1. The molecule has 16 heavy (non-hydrogen) atoms. The van der Waals surface area contributed by atoms with Gasteiger partial charge in [0.15, 0.2) is 5.58 Å². The second-order valence-corrected chi connectivity index (χ2v) is 4.08. The van der Waals surface area contributed by atoms with Gasteiger partial charge < -0.3 is 4.42 Å². The minimum absolute atomic E-state index is 0.615. The predicted octanol–water partition coefficient (Wildman–Crippen LogP) is 3.65. The summed E-state index contributed by atoms with van der Waals surface area (Å²) in [4.78, 5) is 8.51. The maximum Gasteiger partial charge on any atom is 0.227 e. The Balaban J connectivity index is 2.23. The first-order valence-corrected chi connectivity index (χ1v) is 5.60. The molecule has 0 bridgehead atoms. The SMILES string of the molecule is Brc1nccc2oc(-c3ccccc3)nc12. The van der Waals surface area contributed by atoms with Gasteiger partial charge in [0.05, 0.1) is 0 Å². The molecule has 0 saturated heterocycles. The molecule has 0 spiro atoms. The molecule has 3 aromatic rings. The Hall–Kier alpha value is -1.68. The number of hydrogen-bond donors (Lipinski definition) is 0. The normalized spacial score (nSPS) is 10.8. The number of oxazole rings is 1. The van der Waals surface area contributed by atoms with Crippen molar-refractivity contribution in [2.75, 3.05) is 0 Å². The van der Waals surface area contributed by atoms with Crippen LogP contribution in [-0.2, 0) is 0 Å². The lowest BCUT2D eigenvalue weighted by atomic mass is 10.2. The summed E-state index contributed by atoms with van der Waals surface area (Å²) in [6, 6.07) is 11.6. The second-order valence-electron chi connectivity index (χ2n) is 3.33. The summed E-state index contributed by atoms with van der Waals surface area (Å²) >= 11 is 3.35. The van der Waals surface area contributed by atoms with Gasteiger partial charge in [0.25, 0.3) is 0 Å². The third kappa shape index (κ3) is 1.51. The highest BCUT2D eigenvalue weighted by Crippen LogP contribution is 2.27. The molecule has 1 aromatic carbocycles. The van der Waals surface area contributed by atoms with E-state index in [2.05, 4.69) is 25.9 Å². The molecule has 2 aromatic heterocycles. The van der Waals surface area contributed by atoms with E-state index in [9.17, 15) is 0 Å². The number of hydrogen-bond acceptors (Lipinski definition) is 3. The van der Waals surface area contributed by atoms with E-state index < -0.39 is 0 Å². The number of pyridine rings is 1. The van der Waals surface area contributed by atoms with Crippen LogP contribution in [0.1, 0.15) is 0 Å². The average molecular weight is 275 g/mol. The molecule has 0 radical (unpaired) electrons. The monoisotopic (exact) mass is 274 g/mol. The van der Waals surface area contributed by atoms with Gasteiger partial charge in [0.2, 0.25) is 5.89 Å². The molecule has 0 aliphatic rings. The Bertz CT molecular complexity index is 634. The van der Waals surface area contributed by atoms with E-state index in [4.69, 9.17) is 4.42 Å². The number of rotatable bonds is 1. The van der Waals surface area contributed by atoms with Gasteiger partial charge >= 0.3 is 0 Å². The van der Waals surface area contributed by atoms with E-state index >= 15 is 0 Å². The van der Waals surface area contributed by atoms with Crippen molar-refractivity contribution in [3.63, 3.8) is 0 Å². The molecule has 0 fully saturated rings. The molecule has 0 amide bonds. The van der Waals surface area contributed by atoms with Gasteiger partial charge in [-0.3, -0.25) is 0 Å². The zero-order valence-corrected chi connectivity index (χ0v) is 9.81. The molecular weight excluding hydrogens is 268 g/mol. The van der Waals surface area contributed by atoms with Crippen LogP contribution in [0.25, 0.3) is 22.6 Å². The molecule has 3 rings (SSSR count). The van der Waals surface area contributed by atoms with Crippen LogP contribution in [0.15, 0.2) is 51.6 Å². The lowest BCUT2D eigenvalue weighted by molar-refractivity contribution is 0.619. The zero-order valence-electron chi connectivity index (χ0n) is 8.22. The molecule has 3 nitrogen and oxygen atoms in total. The molecule has 0 unspecified atom stereocenters. The van der Waals surface area contributed by atoms with Gasteiger partial charge in [-0.1, -0.05) is 18.2 Å². The fourth-order valence-corrected chi connectivity index (χ4v) is 1.93. The lowest BCUT2D eigenvalue weighted by Gasteiger charge is -1.91. The van der Waals surface area contributed by atoms with Crippen molar-refractivity contribution in [3.8, 4) is 11.5 Å². The number of halogens is 1. The van der Waals surface area contributed by atoms with Crippen molar-refractivity contribution >= 4 is 27.0 Å². The van der Waals surface area contributed by atoms with Crippen LogP contribution >= 0.6 is 15.9 Å². The molecule has 0 saturated carbocycles. The van der Waals surface area contributed by atoms with E-state index in [0.29, 0.717) is 10.5 Å². The Morgan fingerprint density at radius 2 is 1.88 bits per heavy atom. The van der Waals surface area contributed by atoms with Gasteiger partial charge in [-0.15, -0.1) is 0 Å². The smallest absolute Gasteiger partial charge is 0.227 e. The molecule has 4 heteroatoms. The summed E-state index contributed by atoms with van der Waals surface area (Å²) in [7, 11) is 0. The molecule has 0 aliphatic heterocycles. The van der Waals surface area contributed by atoms with Gasteiger partial charge in [-0.2, -0.15) is 0 Å². The molecular formula is C12H7BrN2O. The highest BCUT2D eigenvalue weighted by Gasteiger charge is 2.10. The molecule has 2 heterocycles. The van der Waals surface area contributed by atoms with Crippen LogP contribution in [0.3, 0.4) is 0 Å². The van der Waals surface area contributed by atoms with Crippen LogP contribution in [0.4, 0.5) is 0 Å². The van der Waals surface area contributed by atoms with Crippen molar-refractivity contribution in [3.05, 3.63) is 47.2 Å². The quantitative estimate of drug-likeness (QED) is 0.636. The molecule has 0 aliphatic carbocycles. The highest BCUT2D eigenvalue weighted by molar-refractivity contribution is 9.10. The topological polar surface area (TPSA) is 38.9 Å². The standard InChI is InChI=1S/C12H7BrN2O/c13-11-10-9(6-7-14-11)16-12(15-10)8-4-2-1-3-5-8/h1-7H. The molecule has 0 N–H and O–H groups in total. The molecule has 0 atom stereocenters. The number of aromatic nitrogens is 2. The Labute approximate surface area is 100 Å². The number of nitrogens with zero attached hydrogens (tertiary/aromatic N) is 2. The van der Waals surface area contributed by atoms with Crippen LogP contribution in [0.5, 0.6) is 0 Å². The van der Waals surface area contributed by atoms with Gasteiger partial charge in [0.1, 0.15) is 10.1 Å². The third-order valence-electron chi connectivity index (χ3n) is 2.28. The Morgan fingerprint density at radius 1 is 1.06 bits per heavy atom. The Kier molecular flexibility index (Phi) is 2.22. The first-order chi connectivity index (χ1) is 7.84. The maximum atomic E-state index is 5.65. The summed E-state index contributed by atoms with van der Waals surface area (Å²) in [5, 5.41) is 0. The largest absolute Gasteiger partial charge is 0.436 e. The first kappa shape index (κ1) is 9.54. The predicted molar refractivity (Wildman–Crippen MR) is 64.9 cm³/mol. The first-order valence-electron chi connectivity index (χ1n) is 4.81. The van der Waals surface area contributed by atoms with Crippen LogP contribution in [0.2, 0.25) is 0 Å².